The summed E-state index contributed by atoms with van der Waals surface area (Å²) < 4.78 is 1.57. The number of aromatic nitrogens is 3. The van der Waals surface area contributed by atoms with Crippen LogP contribution in [0.5, 0.6) is 0 Å². The third-order valence-electron chi connectivity index (χ3n) is 1.78. The van der Waals surface area contributed by atoms with Crippen LogP contribution in [-0.4, -0.2) is 19.7 Å². The summed E-state index contributed by atoms with van der Waals surface area (Å²) in [5.41, 5.74) is 1.30. The van der Waals surface area contributed by atoms with Gasteiger partial charge >= 0.3 is 0 Å². The van der Waals surface area contributed by atoms with Crippen LogP contribution < -0.4 is 0 Å². The molecule has 13 heavy (non-hydrogen) atoms. The van der Waals surface area contributed by atoms with Crippen LogP contribution in [0.15, 0.2) is 18.5 Å². The maximum atomic E-state index is 9.35. The van der Waals surface area contributed by atoms with Gasteiger partial charge in [0, 0.05) is 6.07 Å². The molecule has 0 bridgehead atoms. The zero-order chi connectivity index (χ0) is 9.42. The number of aliphatic hydroxyl groups excluding tert-OH is 1. The van der Waals surface area contributed by atoms with Crippen LogP contribution in [0.1, 0.15) is 18.7 Å². The Kier molecular flexibility index (Phi) is 1.94. The molecule has 0 amide bonds. The van der Waals surface area contributed by atoms with Crippen LogP contribution in [0, 0.1) is 0 Å². The molecule has 0 aliphatic carbocycles. The lowest BCUT2D eigenvalue weighted by Crippen LogP contribution is -2.00. The summed E-state index contributed by atoms with van der Waals surface area (Å²) in [5.74, 6) is 0. The van der Waals surface area contributed by atoms with E-state index in [2.05, 4.69) is 10.1 Å². The van der Waals surface area contributed by atoms with Gasteiger partial charge in [-0.25, -0.2) is 9.50 Å². The summed E-state index contributed by atoms with van der Waals surface area (Å²) in [5, 5.41) is 13.9. The fourth-order valence-electron chi connectivity index (χ4n) is 1.16. The van der Waals surface area contributed by atoms with Crippen molar-refractivity contribution in [1.29, 1.82) is 0 Å². The largest absolute Gasteiger partial charge is 0.387 e. The number of imidazole rings is 1. The summed E-state index contributed by atoms with van der Waals surface area (Å²) in [6.07, 6.45) is 2.52. The first kappa shape index (κ1) is 8.47. The van der Waals surface area contributed by atoms with Gasteiger partial charge in [0.15, 0.2) is 5.65 Å². The minimum atomic E-state index is -0.580. The molecule has 0 saturated heterocycles. The Bertz CT molecular complexity index is 438. The maximum absolute atomic E-state index is 9.35. The highest BCUT2D eigenvalue weighted by Crippen LogP contribution is 2.15. The first-order valence-corrected chi connectivity index (χ1v) is 4.23. The molecule has 0 saturated carbocycles. The summed E-state index contributed by atoms with van der Waals surface area (Å²) in [4.78, 5) is 4.06. The van der Waals surface area contributed by atoms with Crippen molar-refractivity contribution in [2.75, 3.05) is 0 Å². The third kappa shape index (κ3) is 1.38. The lowest BCUT2D eigenvalue weighted by atomic mass is 10.3. The Hall–Kier alpha value is -1.13. The molecule has 5 heteroatoms. The van der Waals surface area contributed by atoms with E-state index in [9.17, 15) is 5.11 Å². The molecule has 1 N–H and O–H groups in total. The van der Waals surface area contributed by atoms with Gasteiger partial charge in [-0.2, -0.15) is 5.10 Å². The molecule has 2 aromatic rings. The second-order valence-corrected chi connectivity index (χ2v) is 3.24. The summed E-state index contributed by atoms with van der Waals surface area (Å²) >= 11 is 5.73. The Morgan fingerprint density at radius 2 is 2.31 bits per heavy atom. The number of fused-ring (bicyclic) bond motifs is 1. The van der Waals surface area contributed by atoms with Crippen molar-refractivity contribution in [3.05, 3.63) is 29.2 Å². The molecule has 0 radical (unpaired) electrons. The lowest BCUT2D eigenvalue weighted by molar-refractivity contribution is 0.192. The van der Waals surface area contributed by atoms with Crippen LogP contribution >= 0.6 is 11.6 Å². The first-order chi connectivity index (χ1) is 6.18. The van der Waals surface area contributed by atoms with Gasteiger partial charge in [-0.15, -0.1) is 0 Å². The predicted molar refractivity (Wildman–Crippen MR) is 48.6 cm³/mol. The topological polar surface area (TPSA) is 50.4 Å². The van der Waals surface area contributed by atoms with Crippen LogP contribution in [0.2, 0.25) is 5.02 Å². The van der Waals surface area contributed by atoms with Gasteiger partial charge in [-0.05, 0) is 6.92 Å². The molecular weight excluding hydrogens is 190 g/mol. The molecule has 68 valence electrons. The number of halogens is 1. The highest BCUT2D eigenvalue weighted by atomic mass is 35.5. The number of hydrogen-bond donors (Lipinski definition) is 1. The minimum Gasteiger partial charge on any atom is -0.387 e. The zero-order valence-electron chi connectivity index (χ0n) is 6.98. The normalized spacial score (nSPS) is 13.5. The van der Waals surface area contributed by atoms with Gasteiger partial charge in [0.1, 0.15) is 0 Å². The molecule has 0 fully saturated rings. The molecule has 0 aromatic carbocycles. The standard InChI is InChI=1S/C8H8ClN3O/c1-5(13)7-4-10-8-2-6(9)3-11-12(7)8/h2-5,13H,1H3. The van der Waals surface area contributed by atoms with E-state index in [1.54, 1.807) is 23.7 Å². The lowest BCUT2D eigenvalue weighted by Gasteiger charge is -2.01. The molecule has 0 spiro atoms. The van der Waals surface area contributed by atoms with Crippen molar-refractivity contribution < 1.29 is 5.11 Å². The van der Waals surface area contributed by atoms with Crippen molar-refractivity contribution in [2.24, 2.45) is 0 Å². The van der Waals surface area contributed by atoms with E-state index >= 15 is 0 Å². The highest BCUT2D eigenvalue weighted by Gasteiger charge is 2.08. The van der Waals surface area contributed by atoms with Crippen molar-refractivity contribution in [3.8, 4) is 0 Å². The molecule has 4 nitrogen and oxygen atoms in total. The Morgan fingerprint density at radius 3 is 3.00 bits per heavy atom. The van der Waals surface area contributed by atoms with E-state index in [4.69, 9.17) is 11.6 Å². The number of aliphatic hydroxyl groups is 1. The van der Waals surface area contributed by atoms with E-state index in [-0.39, 0.29) is 0 Å². The fourth-order valence-corrected chi connectivity index (χ4v) is 1.30. The van der Waals surface area contributed by atoms with E-state index in [0.29, 0.717) is 16.4 Å². The van der Waals surface area contributed by atoms with Crippen LogP contribution in [0.25, 0.3) is 5.65 Å². The van der Waals surface area contributed by atoms with E-state index in [0.717, 1.165) is 0 Å². The second-order valence-electron chi connectivity index (χ2n) is 2.80. The smallest absolute Gasteiger partial charge is 0.155 e. The predicted octanol–water partition coefficient (Wildman–Crippen LogP) is 1.44. The monoisotopic (exact) mass is 197 g/mol. The van der Waals surface area contributed by atoms with Crippen molar-refractivity contribution in [2.45, 2.75) is 13.0 Å². The first-order valence-electron chi connectivity index (χ1n) is 3.86. The zero-order valence-corrected chi connectivity index (χ0v) is 7.73. The van der Waals surface area contributed by atoms with Crippen LogP contribution in [0.3, 0.4) is 0 Å². The molecule has 0 aliphatic heterocycles. The Morgan fingerprint density at radius 1 is 1.54 bits per heavy atom. The van der Waals surface area contributed by atoms with Crippen molar-refractivity contribution in [1.82, 2.24) is 14.6 Å². The summed E-state index contributed by atoms with van der Waals surface area (Å²) in [7, 11) is 0. The number of rotatable bonds is 1. The molecule has 2 aromatic heterocycles. The molecule has 2 rings (SSSR count). The SMILES string of the molecule is CC(O)c1cnc2cc(Cl)cnn12. The van der Waals surface area contributed by atoms with Gasteiger partial charge in [0.25, 0.3) is 0 Å². The van der Waals surface area contributed by atoms with Gasteiger partial charge in [-0.3, -0.25) is 0 Å². The van der Waals surface area contributed by atoms with E-state index in [1.807, 2.05) is 0 Å². The molecule has 0 aliphatic rings. The van der Waals surface area contributed by atoms with Crippen LogP contribution in [0.4, 0.5) is 0 Å². The highest BCUT2D eigenvalue weighted by molar-refractivity contribution is 6.30. The summed E-state index contributed by atoms with van der Waals surface area (Å²) in [6.45, 7) is 1.67. The Labute approximate surface area is 79.8 Å². The molecule has 1 unspecified atom stereocenters. The van der Waals surface area contributed by atoms with Crippen molar-refractivity contribution in [3.63, 3.8) is 0 Å². The molecule has 2 heterocycles. The fraction of sp³-hybridized carbons (Fsp3) is 0.250. The third-order valence-corrected chi connectivity index (χ3v) is 1.99. The van der Waals surface area contributed by atoms with Crippen molar-refractivity contribution >= 4 is 17.2 Å². The van der Waals surface area contributed by atoms with E-state index in [1.165, 1.54) is 6.20 Å². The number of nitrogens with zero attached hydrogens (tertiary/aromatic N) is 3. The van der Waals surface area contributed by atoms with E-state index < -0.39 is 6.10 Å². The average Bonchev–Trinajstić information content (AvgIpc) is 2.46. The number of hydrogen-bond acceptors (Lipinski definition) is 3. The van der Waals surface area contributed by atoms with Gasteiger partial charge in [0.2, 0.25) is 0 Å². The molecule has 1 atom stereocenters. The van der Waals surface area contributed by atoms with Gasteiger partial charge < -0.3 is 5.11 Å². The van der Waals surface area contributed by atoms with Gasteiger partial charge in [0.05, 0.1) is 29.2 Å². The maximum Gasteiger partial charge on any atom is 0.155 e. The second kappa shape index (κ2) is 2.97. The quantitative estimate of drug-likeness (QED) is 0.753. The van der Waals surface area contributed by atoms with Crippen LogP contribution in [-0.2, 0) is 0 Å². The minimum absolute atomic E-state index is 0.537. The Balaban J connectivity index is 2.69. The average molecular weight is 198 g/mol. The summed E-state index contributed by atoms with van der Waals surface area (Å²) in [6, 6.07) is 1.69. The van der Waals surface area contributed by atoms with Gasteiger partial charge in [-0.1, -0.05) is 11.6 Å². The molecular formula is C8H8ClN3O.